The monoisotopic (exact) mass is 354 g/mol. The maximum atomic E-state index is 12.3. The molecular formula is C15H15ClN2O4S. The minimum atomic E-state index is -3.89. The van der Waals surface area contributed by atoms with Crippen LogP contribution in [0.5, 0.6) is 5.75 Å². The summed E-state index contributed by atoms with van der Waals surface area (Å²) in [5, 5.41) is 8.10. The van der Waals surface area contributed by atoms with Crippen LogP contribution in [0.25, 0.3) is 0 Å². The number of nitrogens with two attached hydrogens (primary N) is 1. The molecule has 0 radical (unpaired) electrons. The molecule has 1 amide bonds. The summed E-state index contributed by atoms with van der Waals surface area (Å²) in [6.07, 6.45) is 0. The standard InChI is InChI=1S/C15H15ClN2O4S/c1-9-5-10(7-12(6-9)23(17,20)21)15(19)18-11-3-4-14(22-2)13(16)8-11/h3-8H,1-2H3,(H,18,19)(H2,17,20,21). The molecule has 6 nitrogen and oxygen atoms in total. The number of carbonyl (C=O) groups excluding carboxylic acids is 1. The Balaban J connectivity index is 2.31. The Morgan fingerprint density at radius 2 is 1.91 bits per heavy atom. The molecule has 0 aliphatic rings. The van der Waals surface area contributed by atoms with Crippen molar-refractivity contribution >= 4 is 33.2 Å². The Morgan fingerprint density at radius 3 is 2.48 bits per heavy atom. The molecule has 2 rings (SSSR count). The number of anilines is 1. The van der Waals surface area contributed by atoms with Crippen LogP contribution in [0.4, 0.5) is 5.69 Å². The molecule has 8 heteroatoms. The Morgan fingerprint density at radius 1 is 1.22 bits per heavy atom. The number of hydrogen-bond acceptors (Lipinski definition) is 4. The van der Waals surface area contributed by atoms with E-state index in [-0.39, 0.29) is 10.5 Å². The van der Waals surface area contributed by atoms with Gasteiger partial charge in [-0.2, -0.15) is 0 Å². The van der Waals surface area contributed by atoms with Crippen molar-refractivity contribution in [3.05, 3.63) is 52.5 Å². The SMILES string of the molecule is COc1ccc(NC(=O)c2cc(C)cc(S(N)(=O)=O)c2)cc1Cl. The fraction of sp³-hybridized carbons (Fsp3) is 0.133. The Bertz CT molecular complexity index is 866. The van der Waals surface area contributed by atoms with Crippen molar-refractivity contribution in [1.82, 2.24) is 0 Å². The summed E-state index contributed by atoms with van der Waals surface area (Å²) in [5.74, 6) is 0.0107. The summed E-state index contributed by atoms with van der Waals surface area (Å²) in [4.78, 5) is 12.2. The van der Waals surface area contributed by atoms with Crippen molar-refractivity contribution in [2.45, 2.75) is 11.8 Å². The molecule has 0 aliphatic carbocycles. The van der Waals surface area contributed by atoms with Crippen LogP contribution in [0.2, 0.25) is 5.02 Å². The smallest absolute Gasteiger partial charge is 0.255 e. The first-order valence-electron chi connectivity index (χ1n) is 6.50. The molecule has 0 saturated heterocycles. The van der Waals surface area contributed by atoms with Gasteiger partial charge in [0.2, 0.25) is 10.0 Å². The van der Waals surface area contributed by atoms with Gasteiger partial charge in [-0.3, -0.25) is 4.79 Å². The predicted octanol–water partition coefficient (Wildman–Crippen LogP) is 2.56. The largest absolute Gasteiger partial charge is 0.495 e. The van der Waals surface area contributed by atoms with Crippen LogP contribution in [0, 0.1) is 6.92 Å². The lowest BCUT2D eigenvalue weighted by Crippen LogP contribution is -2.16. The fourth-order valence-corrected chi connectivity index (χ4v) is 2.89. The van der Waals surface area contributed by atoms with Crippen LogP contribution < -0.4 is 15.2 Å². The second kappa shape index (κ2) is 6.57. The highest BCUT2D eigenvalue weighted by Crippen LogP contribution is 2.27. The van der Waals surface area contributed by atoms with Gasteiger partial charge in [-0.15, -0.1) is 0 Å². The van der Waals surface area contributed by atoms with Crippen LogP contribution in [-0.4, -0.2) is 21.4 Å². The van der Waals surface area contributed by atoms with E-state index in [1.165, 1.54) is 25.3 Å². The second-order valence-corrected chi connectivity index (χ2v) is 6.85. The van der Waals surface area contributed by atoms with Crippen LogP contribution in [0.3, 0.4) is 0 Å². The number of hydrogen-bond donors (Lipinski definition) is 2. The number of sulfonamides is 1. The molecule has 0 aromatic heterocycles. The summed E-state index contributed by atoms with van der Waals surface area (Å²) in [5.41, 5.74) is 1.25. The van der Waals surface area contributed by atoms with Gasteiger partial charge in [0.25, 0.3) is 5.91 Å². The third-order valence-corrected chi connectivity index (χ3v) is 4.24. The van der Waals surface area contributed by atoms with Crippen molar-refractivity contribution < 1.29 is 17.9 Å². The van der Waals surface area contributed by atoms with Gasteiger partial charge >= 0.3 is 0 Å². The first kappa shape index (κ1) is 17.3. The molecule has 0 aliphatic heterocycles. The van der Waals surface area contributed by atoms with Gasteiger partial charge in [0, 0.05) is 11.3 Å². The molecule has 0 heterocycles. The first-order valence-corrected chi connectivity index (χ1v) is 8.42. The van der Waals surface area contributed by atoms with E-state index in [1.807, 2.05) is 0 Å². The van der Waals surface area contributed by atoms with E-state index in [4.69, 9.17) is 21.5 Å². The highest BCUT2D eigenvalue weighted by molar-refractivity contribution is 7.89. The van der Waals surface area contributed by atoms with Crippen LogP contribution >= 0.6 is 11.6 Å². The van der Waals surface area contributed by atoms with Gasteiger partial charge in [0.05, 0.1) is 17.0 Å². The van der Waals surface area contributed by atoms with E-state index in [0.717, 1.165) is 0 Å². The molecule has 2 aromatic carbocycles. The summed E-state index contributed by atoms with van der Waals surface area (Å²) in [6.45, 7) is 1.68. The lowest BCUT2D eigenvalue weighted by molar-refractivity contribution is 0.102. The minimum Gasteiger partial charge on any atom is -0.495 e. The summed E-state index contributed by atoms with van der Waals surface area (Å²) in [6, 6.07) is 8.96. The predicted molar refractivity (Wildman–Crippen MR) is 88.5 cm³/mol. The number of ether oxygens (including phenoxy) is 1. The Kier molecular flexibility index (Phi) is 4.93. The topological polar surface area (TPSA) is 98.5 Å². The van der Waals surface area contributed by atoms with Crippen LogP contribution in [-0.2, 0) is 10.0 Å². The molecule has 2 aromatic rings. The van der Waals surface area contributed by atoms with Gasteiger partial charge < -0.3 is 10.1 Å². The van der Waals surface area contributed by atoms with E-state index in [2.05, 4.69) is 5.32 Å². The van der Waals surface area contributed by atoms with E-state index in [1.54, 1.807) is 25.1 Å². The zero-order chi connectivity index (χ0) is 17.2. The average molecular weight is 355 g/mol. The second-order valence-electron chi connectivity index (χ2n) is 4.88. The normalized spacial score (nSPS) is 11.1. The molecule has 0 spiro atoms. The van der Waals surface area contributed by atoms with Crippen molar-refractivity contribution in [3.8, 4) is 5.75 Å². The van der Waals surface area contributed by atoms with E-state index >= 15 is 0 Å². The third-order valence-electron chi connectivity index (χ3n) is 3.05. The Hall–Kier alpha value is -2.09. The molecule has 23 heavy (non-hydrogen) atoms. The number of methoxy groups -OCH3 is 1. The number of primary sulfonamides is 1. The van der Waals surface area contributed by atoms with E-state index in [9.17, 15) is 13.2 Å². The van der Waals surface area contributed by atoms with Gasteiger partial charge in [-0.05, 0) is 48.9 Å². The zero-order valence-electron chi connectivity index (χ0n) is 12.5. The lowest BCUT2D eigenvalue weighted by Gasteiger charge is -2.09. The molecule has 0 saturated carbocycles. The number of aryl methyl sites for hydroxylation is 1. The number of benzene rings is 2. The van der Waals surface area contributed by atoms with Gasteiger partial charge in [-0.1, -0.05) is 11.6 Å². The van der Waals surface area contributed by atoms with Crippen molar-refractivity contribution in [1.29, 1.82) is 0 Å². The van der Waals surface area contributed by atoms with Crippen molar-refractivity contribution in [3.63, 3.8) is 0 Å². The molecule has 0 bridgehead atoms. The first-order chi connectivity index (χ1) is 10.7. The summed E-state index contributed by atoms with van der Waals surface area (Å²) in [7, 11) is -2.40. The van der Waals surface area contributed by atoms with Crippen LogP contribution in [0.1, 0.15) is 15.9 Å². The number of nitrogens with one attached hydrogen (secondary N) is 1. The van der Waals surface area contributed by atoms with Crippen molar-refractivity contribution in [2.75, 3.05) is 12.4 Å². The lowest BCUT2D eigenvalue weighted by atomic mass is 10.1. The van der Waals surface area contributed by atoms with Crippen LogP contribution in [0.15, 0.2) is 41.3 Å². The number of rotatable bonds is 4. The number of amides is 1. The third kappa shape index (κ3) is 4.22. The quantitative estimate of drug-likeness (QED) is 0.881. The fourth-order valence-electron chi connectivity index (χ4n) is 1.99. The minimum absolute atomic E-state index is 0.115. The number of halogens is 1. The van der Waals surface area contributed by atoms with Gasteiger partial charge in [0.1, 0.15) is 5.75 Å². The molecule has 122 valence electrons. The molecular weight excluding hydrogens is 340 g/mol. The summed E-state index contributed by atoms with van der Waals surface area (Å²) >= 11 is 6.00. The highest BCUT2D eigenvalue weighted by Gasteiger charge is 2.14. The molecule has 3 N–H and O–H groups in total. The number of carbonyl (C=O) groups is 1. The van der Waals surface area contributed by atoms with Crippen molar-refractivity contribution in [2.24, 2.45) is 5.14 Å². The Labute approximate surface area is 139 Å². The summed E-state index contributed by atoms with van der Waals surface area (Å²) < 4.78 is 27.9. The molecule has 0 fully saturated rings. The zero-order valence-corrected chi connectivity index (χ0v) is 14.0. The highest BCUT2D eigenvalue weighted by atomic mass is 35.5. The maximum absolute atomic E-state index is 12.3. The van der Waals surface area contributed by atoms with E-state index in [0.29, 0.717) is 22.0 Å². The molecule has 0 unspecified atom stereocenters. The van der Waals surface area contributed by atoms with Gasteiger partial charge in [0.15, 0.2) is 0 Å². The van der Waals surface area contributed by atoms with E-state index < -0.39 is 15.9 Å². The molecule has 0 atom stereocenters. The average Bonchev–Trinajstić information content (AvgIpc) is 2.46. The maximum Gasteiger partial charge on any atom is 0.255 e. The van der Waals surface area contributed by atoms with Gasteiger partial charge in [-0.25, -0.2) is 13.6 Å².